The molecule has 3 aromatic rings. The summed E-state index contributed by atoms with van der Waals surface area (Å²) in [4.78, 5) is 28.4. The van der Waals surface area contributed by atoms with E-state index >= 15 is 0 Å². The van der Waals surface area contributed by atoms with Gasteiger partial charge in [-0.25, -0.2) is 8.42 Å². The molecule has 0 aromatic heterocycles. The van der Waals surface area contributed by atoms with E-state index in [1.54, 1.807) is 39.8 Å². The molecular weight excluding hydrogens is 662 g/mol. The third kappa shape index (κ3) is 8.80. The summed E-state index contributed by atoms with van der Waals surface area (Å²) in [5.74, 6) is -1.39. The lowest BCUT2D eigenvalue weighted by molar-refractivity contribution is -0.141. The van der Waals surface area contributed by atoms with E-state index in [1.807, 2.05) is 0 Å². The fraction of sp³-hybridized carbons (Fsp3) is 0.333. The molecule has 0 heterocycles. The molecule has 2 amide bonds. The molecular formula is C30H31Cl3F3N3O4S. The lowest BCUT2D eigenvalue weighted by Gasteiger charge is -2.35. The van der Waals surface area contributed by atoms with Gasteiger partial charge in [0.1, 0.15) is 12.6 Å². The van der Waals surface area contributed by atoms with E-state index in [-0.39, 0.29) is 32.9 Å². The summed E-state index contributed by atoms with van der Waals surface area (Å²) in [5.41, 5.74) is -1.91. The Hall–Kier alpha value is -2.99. The van der Waals surface area contributed by atoms with Crippen LogP contribution in [0.3, 0.4) is 0 Å². The largest absolute Gasteiger partial charge is 0.416 e. The number of carbonyl (C=O) groups excluding carboxylic acids is 2. The second-order valence-electron chi connectivity index (χ2n) is 10.9. The summed E-state index contributed by atoms with van der Waals surface area (Å²) in [6.07, 6.45) is -4.70. The van der Waals surface area contributed by atoms with Crippen molar-refractivity contribution < 1.29 is 31.2 Å². The molecule has 0 saturated heterocycles. The van der Waals surface area contributed by atoms with Crippen LogP contribution in [0.4, 0.5) is 18.9 Å². The Labute approximate surface area is 269 Å². The van der Waals surface area contributed by atoms with Crippen molar-refractivity contribution in [3.05, 3.63) is 92.9 Å². The van der Waals surface area contributed by atoms with Gasteiger partial charge >= 0.3 is 6.18 Å². The first-order valence-electron chi connectivity index (χ1n) is 13.3. The highest BCUT2D eigenvalue weighted by Crippen LogP contribution is 2.37. The predicted molar refractivity (Wildman–Crippen MR) is 166 cm³/mol. The Morgan fingerprint density at radius 3 is 2.05 bits per heavy atom. The molecule has 3 aromatic carbocycles. The zero-order valence-corrected chi connectivity index (χ0v) is 27.3. The number of rotatable bonds is 10. The summed E-state index contributed by atoms with van der Waals surface area (Å²) in [5, 5.41) is 2.94. The molecule has 0 fully saturated rings. The molecule has 0 saturated carbocycles. The summed E-state index contributed by atoms with van der Waals surface area (Å²) in [6.45, 7) is 5.77. The maximum atomic E-state index is 14.1. The highest BCUT2D eigenvalue weighted by Gasteiger charge is 2.37. The van der Waals surface area contributed by atoms with Crippen molar-refractivity contribution in [3.63, 3.8) is 0 Å². The van der Waals surface area contributed by atoms with Crippen LogP contribution in [0.25, 0.3) is 0 Å². The Balaban J connectivity index is 2.18. The van der Waals surface area contributed by atoms with Crippen LogP contribution < -0.4 is 9.62 Å². The summed E-state index contributed by atoms with van der Waals surface area (Å²) < 4.78 is 69.4. The molecule has 3 rings (SSSR count). The molecule has 1 atom stereocenters. The molecule has 0 bridgehead atoms. The average molecular weight is 693 g/mol. The molecule has 238 valence electrons. The van der Waals surface area contributed by atoms with E-state index in [2.05, 4.69) is 5.32 Å². The zero-order valence-electron chi connectivity index (χ0n) is 24.3. The normalized spacial score (nSPS) is 12.9. The predicted octanol–water partition coefficient (Wildman–Crippen LogP) is 7.58. The first-order valence-corrected chi connectivity index (χ1v) is 15.9. The van der Waals surface area contributed by atoms with Crippen LogP contribution in [-0.2, 0) is 32.3 Å². The summed E-state index contributed by atoms with van der Waals surface area (Å²) >= 11 is 18.5. The molecule has 0 unspecified atom stereocenters. The average Bonchev–Trinajstić information content (AvgIpc) is 2.92. The van der Waals surface area contributed by atoms with Gasteiger partial charge in [-0.3, -0.25) is 13.9 Å². The molecule has 1 N–H and O–H groups in total. The van der Waals surface area contributed by atoms with Crippen LogP contribution in [0.2, 0.25) is 15.1 Å². The zero-order chi connectivity index (χ0) is 33.0. The molecule has 7 nitrogen and oxygen atoms in total. The summed E-state index contributed by atoms with van der Waals surface area (Å²) in [6, 6.07) is 12.6. The minimum atomic E-state index is -4.83. The first-order chi connectivity index (χ1) is 20.3. The molecule has 0 aliphatic rings. The number of alkyl halides is 3. The highest BCUT2D eigenvalue weighted by atomic mass is 35.5. The second kappa shape index (κ2) is 14.0. The Bertz CT molecular complexity index is 1620. The van der Waals surface area contributed by atoms with Crippen LogP contribution in [0.5, 0.6) is 0 Å². The maximum Gasteiger partial charge on any atom is 0.416 e. The smallest absolute Gasteiger partial charge is 0.350 e. The molecule has 14 heteroatoms. The van der Waals surface area contributed by atoms with Gasteiger partial charge in [0.2, 0.25) is 11.8 Å². The third-order valence-corrected chi connectivity index (χ3v) is 9.21. The lowest BCUT2D eigenvalue weighted by Crippen LogP contribution is -2.55. The molecule has 0 spiro atoms. The van der Waals surface area contributed by atoms with Gasteiger partial charge in [0.05, 0.1) is 31.2 Å². The number of hydrogen-bond acceptors (Lipinski definition) is 4. The van der Waals surface area contributed by atoms with E-state index in [1.165, 1.54) is 36.4 Å². The van der Waals surface area contributed by atoms with Crippen LogP contribution in [0, 0.1) is 0 Å². The van der Waals surface area contributed by atoms with Gasteiger partial charge in [0.25, 0.3) is 10.0 Å². The van der Waals surface area contributed by atoms with Gasteiger partial charge < -0.3 is 10.2 Å². The summed E-state index contributed by atoms with van der Waals surface area (Å²) in [7, 11) is -4.64. The van der Waals surface area contributed by atoms with E-state index in [0.717, 1.165) is 11.0 Å². The number of amides is 2. The number of hydrogen-bond donors (Lipinski definition) is 1. The molecule has 0 aliphatic carbocycles. The Morgan fingerprint density at radius 1 is 0.886 bits per heavy atom. The van der Waals surface area contributed by atoms with Gasteiger partial charge in [0.15, 0.2) is 0 Å². The standard InChI is InChI=1S/C30H31Cl3F3N3O4S/c1-5-25(28(41)37-29(2,3)4)38(17-19-11-13-22(31)24(33)15-19)27(40)18-39(44(42,43)21-9-7-6-8-10-21)26-16-20(30(34,35)36)12-14-23(26)32/h6-16,25H,5,17-18H2,1-4H3,(H,37,41)/t25-/m1/s1. The van der Waals surface area contributed by atoms with Gasteiger partial charge in [-0.05, 0) is 75.2 Å². The molecule has 0 aliphatic heterocycles. The number of anilines is 1. The van der Waals surface area contributed by atoms with Crippen LogP contribution in [-0.4, -0.2) is 43.3 Å². The number of benzene rings is 3. The van der Waals surface area contributed by atoms with Crippen LogP contribution in [0.1, 0.15) is 45.2 Å². The number of halogens is 6. The Kier molecular flexibility index (Phi) is 11.3. The minimum absolute atomic E-state index is 0.130. The van der Waals surface area contributed by atoms with E-state index in [9.17, 15) is 31.2 Å². The van der Waals surface area contributed by atoms with Crippen molar-refractivity contribution in [3.8, 4) is 0 Å². The van der Waals surface area contributed by atoms with Crippen molar-refractivity contribution in [2.45, 2.75) is 63.3 Å². The fourth-order valence-corrected chi connectivity index (χ4v) is 6.36. The van der Waals surface area contributed by atoms with E-state index in [0.29, 0.717) is 22.0 Å². The number of carbonyl (C=O) groups is 2. The van der Waals surface area contributed by atoms with Crippen molar-refractivity contribution in [1.82, 2.24) is 10.2 Å². The topological polar surface area (TPSA) is 86.8 Å². The van der Waals surface area contributed by atoms with Gasteiger partial charge in [0, 0.05) is 12.1 Å². The van der Waals surface area contributed by atoms with Crippen molar-refractivity contribution in [2.75, 3.05) is 10.8 Å². The van der Waals surface area contributed by atoms with Crippen molar-refractivity contribution in [2.24, 2.45) is 0 Å². The van der Waals surface area contributed by atoms with Gasteiger partial charge in [-0.15, -0.1) is 0 Å². The Morgan fingerprint density at radius 2 is 1.50 bits per heavy atom. The van der Waals surface area contributed by atoms with Gasteiger partial charge in [-0.1, -0.05) is 66.0 Å². The molecule has 44 heavy (non-hydrogen) atoms. The van der Waals surface area contributed by atoms with Crippen LogP contribution in [0.15, 0.2) is 71.6 Å². The number of sulfonamides is 1. The molecule has 0 radical (unpaired) electrons. The monoisotopic (exact) mass is 691 g/mol. The van der Waals surface area contributed by atoms with E-state index < -0.39 is 57.4 Å². The van der Waals surface area contributed by atoms with Crippen molar-refractivity contribution >= 4 is 62.3 Å². The van der Waals surface area contributed by atoms with Crippen molar-refractivity contribution in [1.29, 1.82) is 0 Å². The van der Waals surface area contributed by atoms with Crippen LogP contribution >= 0.6 is 34.8 Å². The SMILES string of the molecule is CC[C@H](C(=O)NC(C)(C)C)N(Cc1ccc(Cl)c(Cl)c1)C(=O)CN(c1cc(C(F)(F)F)ccc1Cl)S(=O)(=O)c1ccccc1. The second-order valence-corrected chi connectivity index (χ2v) is 14.0. The third-order valence-electron chi connectivity index (χ3n) is 6.37. The number of nitrogens with zero attached hydrogens (tertiary/aromatic N) is 2. The minimum Gasteiger partial charge on any atom is -0.350 e. The van der Waals surface area contributed by atoms with Gasteiger partial charge in [-0.2, -0.15) is 13.2 Å². The highest BCUT2D eigenvalue weighted by molar-refractivity contribution is 7.92. The lowest BCUT2D eigenvalue weighted by atomic mass is 10.1. The maximum absolute atomic E-state index is 14.1. The van der Waals surface area contributed by atoms with E-state index in [4.69, 9.17) is 34.8 Å². The number of nitrogens with one attached hydrogen (secondary N) is 1. The fourth-order valence-electron chi connectivity index (χ4n) is 4.32. The quantitative estimate of drug-likeness (QED) is 0.237. The first kappa shape index (κ1) is 35.5.